The third-order valence-corrected chi connectivity index (χ3v) is 0.365. The summed E-state index contributed by atoms with van der Waals surface area (Å²) in [5, 5.41) is 7.89. The summed E-state index contributed by atoms with van der Waals surface area (Å²) < 4.78 is 0. The van der Waals surface area contributed by atoms with Crippen LogP contribution >= 0.6 is 34.0 Å². The standard InChI is InChI=1S/C4H6O2.C3H9N.2BrH/c1-3(2)4(5)6;1-4(2)3;;/h1H2,2H3,(H,5,6);1-3H3;2*1H. The molecule has 0 saturated carbocycles. The first kappa shape index (κ1) is 22.7. The molecular weight excluding hydrogens is 290 g/mol. The van der Waals surface area contributed by atoms with Crippen molar-refractivity contribution in [2.45, 2.75) is 6.92 Å². The van der Waals surface area contributed by atoms with E-state index in [-0.39, 0.29) is 39.5 Å². The Bertz CT molecular complexity index is 112. The third kappa shape index (κ3) is 49.5. The first-order valence-corrected chi connectivity index (χ1v) is 2.87. The van der Waals surface area contributed by atoms with E-state index in [1.54, 1.807) is 0 Å². The largest absolute Gasteiger partial charge is 0.478 e. The highest BCUT2D eigenvalue weighted by molar-refractivity contribution is 8.93. The lowest BCUT2D eigenvalue weighted by Gasteiger charge is -1.90. The molecule has 0 rings (SSSR count). The Morgan fingerprint density at radius 1 is 1.25 bits per heavy atom. The average molecular weight is 307 g/mol. The lowest BCUT2D eigenvalue weighted by Crippen LogP contribution is -1.99. The van der Waals surface area contributed by atoms with Gasteiger partial charge in [0.15, 0.2) is 0 Å². The van der Waals surface area contributed by atoms with Gasteiger partial charge in [-0.25, -0.2) is 4.79 Å². The van der Waals surface area contributed by atoms with Gasteiger partial charge in [0.25, 0.3) is 0 Å². The molecular formula is C7H17Br2NO2. The molecule has 0 aliphatic rings. The molecule has 0 amide bonds. The Balaban J connectivity index is -0.0000000483. The highest BCUT2D eigenvalue weighted by Gasteiger charge is 1.90. The van der Waals surface area contributed by atoms with Gasteiger partial charge >= 0.3 is 5.97 Å². The Morgan fingerprint density at radius 2 is 1.33 bits per heavy atom. The van der Waals surface area contributed by atoms with Crippen molar-refractivity contribution in [2.75, 3.05) is 21.1 Å². The number of halogens is 2. The summed E-state index contributed by atoms with van der Waals surface area (Å²) in [6, 6.07) is 0. The predicted octanol–water partition coefficient (Wildman–Crippen LogP) is 1.98. The Hall–Kier alpha value is 0.130. The van der Waals surface area contributed by atoms with Gasteiger partial charge in [0.2, 0.25) is 0 Å². The van der Waals surface area contributed by atoms with Crippen molar-refractivity contribution in [3.05, 3.63) is 12.2 Å². The SMILES string of the molecule is Br.Br.C=C(C)C(=O)O.CN(C)C. The number of carbonyl (C=O) groups is 1. The van der Waals surface area contributed by atoms with Gasteiger partial charge in [-0.15, -0.1) is 34.0 Å². The summed E-state index contributed by atoms with van der Waals surface area (Å²) in [5.74, 6) is -0.935. The number of carboxylic acid groups (broad SMARTS) is 1. The van der Waals surface area contributed by atoms with Gasteiger partial charge in [-0.05, 0) is 28.1 Å². The van der Waals surface area contributed by atoms with Crippen LogP contribution in [0.3, 0.4) is 0 Å². The molecule has 0 spiro atoms. The van der Waals surface area contributed by atoms with Crippen molar-refractivity contribution < 1.29 is 9.90 Å². The van der Waals surface area contributed by atoms with E-state index >= 15 is 0 Å². The molecule has 0 fully saturated rings. The van der Waals surface area contributed by atoms with Crippen LogP contribution < -0.4 is 0 Å². The summed E-state index contributed by atoms with van der Waals surface area (Å²) in [7, 11) is 6.00. The Labute approximate surface area is 95.0 Å². The Morgan fingerprint density at radius 3 is 1.33 bits per heavy atom. The molecule has 0 saturated heterocycles. The quantitative estimate of drug-likeness (QED) is 0.753. The van der Waals surface area contributed by atoms with E-state index in [4.69, 9.17) is 5.11 Å². The van der Waals surface area contributed by atoms with E-state index in [9.17, 15) is 4.79 Å². The molecule has 76 valence electrons. The fourth-order valence-corrected chi connectivity index (χ4v) is 0. The van der Waals surface area contributed by atoms with Crippen LogP contribution in [0.1, 0.15) is 6.92 Å². The van der Waals surface area contributed by atoms with Crippen molar-refractivity contribution in [1.29, 1.82) is 0 Å². The first-order chi connectivity index (χ1) is 4.37. The zero-order valence-electron chi connectivity index (χ0n) is 7.83. The first-order valence-electron chi connectivity index (χ1n) is 2.87. The van der Waals surface area contributed by atoms with Crippen molar-refractivity contribution in [2.24, 2.45) is 0 Å². The number of hydrogen-bond acceptors (Lipinski definition) is 2. The van der Waals surface area contributed by atoms with Crippen LogP contribution in [0.15, 0.2) is 12.2 Å². The van der Waals surface area contributed by atoms with E-state index in [0.29, 0.717) is 0 Å². The summed E-state index contributed by atoms with van der Waals surface area (Å²) >= 11 is 0. The molecule has 0 aliphatic heterocycles. The van der Waals surface area contributed by atoms with Gasteiger partial charge in [-0.1, -0.05) is 6.58 Å². The van der Waals surface area contributed by atoms with Crippen molar-refractivity contribution >= 4 is 39.9 Å². The maximum Gasteiger partial charge on any atom is 0.330 e. The van der Waals surface area contributed by atoms with E-state index in [1.165, 1.54) is 6.92 Å². The number of hydrogen-bond donors (Lipinski definition) is 1. The second kappa shape index (κ2) is 13.7. The summed E-state index contributed by atoms with van der Waals surface area (Å²) in [5.41, 5.74) is 0.176. The molecule has 0 heterocycles. The van der Waals surface area contributed by atoms with Crippen LogP contribution in [0.25, 0.3) is 0 Å². The summed E-state index contributed by atoms with van der Waals surface area (Å²) in [6.07, 6.45) is 0. The highest BCUT2D eigenvalue weighted by atomic mass is 79.9. The molecule has 0 aromatic rings. The molecule has 0 aliphatic carbocycles. The van der Waals surface area contributed by atoms with Crippen LogP contribution in [-0.4, -0.2) is 37.1 Å². The number of rotatable bonds is 1. The van der Waals surface area contributed by atoms with Crippen LogP contribution in [0.2, 0.25) is 0 Å². The van der Waals surface area contributed by atoms with Gasteiger partial charge in [0.1, 0.15) is 0 Å². The minimum absolute atomic E-state index is 0. The fraction of sp³-hybridized carbons (Fsp3) is 0.571. The molecule has 0 aromatic heterocycles. The second-order valence-electron chi connectivity index (χ2n) is 2.43. The molecule has 12 heavy (non-hydrogen) atoms. The van der Waals surface area contributed by atoms with Crippen LogP contribution in [-0.2, 0) is 4.79 Å². The second-order valence-corrected chi connectivity index (χ2v) is 2.43. The van der Waals surface area contributed by atoms with Crippen LogP contribution in [0, 0.1) is 0 Å². The van der Waals surface area contributed by atoms with Crippen molar-refractivity contribution in [3.63, 3.8) is 0 Å². The molecule has 0 bridgehead atoms. The highest BCUT2D eigenvalue weighted by Crippen LogP contribution is 1.81. The zero-order chi connectivity index (χ0) is 8.73. The number of nitrogens with zero attached hydrogens (tertiary/aromatic N) is 1. The van der Waals surface area contributed by atoms with Crippen molar-refractivity contribution in [1.82, 2.24) is 4.90 Å². The van der Waals surface area contributed by atoms with E-state index < -0.39 is 5.97 Å². The molecule has 0 aromatic carbocycles. The smallest absolute Gasteiger partial charge is 0.330 e. The molecule has 3 nitrogen and oxygen atoms in total. The molecule has 0 atom stereocenters. The Kier molecular flexibility index (Phi) is 26.0. The monoisotopic (exact) mass is 305 g/mol. The van der Waals surface area contributed by atoms with Gasteiger partial charge in [-0.2, -0.15) is 0 Å². The minimum atomic E-state index is -0.935. The van der Waals surface area contributed by atoms with E-state index in [2.05, 4.69) is 6.58 Å². The fourth-order valence-electron chi connectivity index (χ4n) is 0. The molecule has 0 radical (unpaired) electrons. The van der Waals surface area contributed by atoms with Crippen molar-refractivity contribution in [3.8, 4) is 0 Å². The van der Waals surface area contributed by atoms with E-state index in [0.717, 1.165) is 0 Å². The normalized spacial score (nSPS) is 6.75. The van der Waals surface area contributed by atoms with Crippen LogP contribution in [0.4, 0.5) is 0 Å². The van der Waals surface area contributed by atoms with Gasteiger partial charge in [-0.3, -0.25) is 0 Å². The number of carboxylic acids is 1. The molecule has 1 N–H and O–H groups in total. The lowest BCUT2D eigenvalue weighted by atomic mass is 10.4. The van der Waals surface area contributed by atoms with Gasteiger partial charge in [0.05, 0.1) is 0 Å². The topological polar surface area (TPSA) is 40.5 Å². The third-order valence-electron chi connectivity index (χ3n) is 0.365. The van der Waals surface area contributed by atoms with Crippen LogP contribution in [0.5, 0.6) is 0 Å². The molecule has 5 heteroatoms. The summed E-state index contributed by atoms with van der Waals surface area (Å²) in [6.45, 7) is 4.60. The minimum Gasteiger partial charge on any atom is -0.478 e. The zero-order valence-corrected chi connectivity index (χ0v) is 11.3. The number of aliphatic carboxylic acids is 1. The van der Waals surface area contributed by atoms with E-state index in [1.807, 2.05) is 26.0 Å². The molecule has 0 unspecified atom stereocenters. The average Bonchev–Trinajstić information content (AvgIpc) is 1.63. The summed E-state index contributed by atoms with van der Waals surface area (Å²) in [4.78, 5) is 11.6. The van der Waals surface area contributed by atoms with Gasteiger partial charge < -0.3 is 10.0 Å². The predicted molar refractivity (Wildman–Crippen MR) is 62.7 cm³/mol. The van der Waals surface area contributed by atoms with Gasteiger partial charge in [0, 0.05) is 5.57 Å². The maximum atomic E-state index is 9.60. The lowest BCUT2D eigenvalue weighted by molar-refractivity contribution is -0.132. The maximum absolute atomic E-state index is 9.60.